The predicted molar refractivity (Wildman–Crippen MR) is 107 cm³/mol. The zero-order valence-electron chi connectivity index (χ0n) is 16.1. The smallest absolute Gasteiger partial charge is 0.200 e. The number of benzene rings is 1. The number of hydrogen-bond donors (Lipinski definition) is 1. The largest absolute Gasteiger partial charge is 0.493 e. The van der Waals surface area contributed by atoms with Gasteiger partial charge in [-0.05, 0) is 48.9 Å². The number of halogens is 2. The molecule has 1 N–H and O–H groups in total. The molecule has 1 unspecified atom stereocenters. The van der Waals surface area contributed by atoms with Crippen LogP contribution in [-0.4, -0.2) is 25.3 Å². The van der Waals surface area contributed by atoms with Gasteiger partial charge in [-0.15, -0.1) is 11.3 Å². The Hall–Kier alpha value is -2.29. The maximum atomic E-state index is 14.1. The molecule has 0 radical (unpaired) electrons. The van der Waals surface area contributed by atoms with Gasteiger partial charge in [-0.3, -0.25) is 0 Å². The van der Waals surface area contributed by atoms with Crippen LogP contribution in [0, 0.1) is 18.6 Å². The van der Waals surface area contributed by atoms with Gasteiger partial charge in [0.05, 0.1) is 35.9 Å². The van der Waals surface area contributed by atoms with E-state index in [1.165, 1.54) is 13.2 Å². The lowest BCUT2D eigenvalue weighted by atomic mass is 10.1. The third kappa shape index (κ3) is 3.15. The number of hydrogen-bond acceptors (Lipinski definition) is 6. The predicted octanol–water partition coefficient (Wildman–Crippen LogP) is 5.04. The molecule has 5 rings (SSSR count). The van der Waals surface area contributed by atoms with Crippen LogP contribution in [0.2, 0.25) is 0 Å². The van der Waals surface area contributed by atoms with Gasteiger partial charge < -0.3 is 19.5 Å². The van der Waals surface area contributed by atoms with Crippen LogP contribution in [-0.2, 0) is 15.9 Å². The molecule has 1 fully saturated rings. The molecule has 3 heterocycles. The fourth-order valence-corrected chi connectivity index (χ4v) is 5.23. The molecule has 0 bridgehead atoms. The lowest BCUT2D eigenvalue weighted by Gasteiger charge is -2.17. The molecule has 8 heteroatoms. The fourth-order valence-electron chi connectivity index (χ4n) is 4.14. The van der Waals surface area contributed by atoms with E-state index in [0.717, 1.165) is 32.0 Å². The SMILES string of the molecule is COc1c(F)c(F)cc2c1CCC2Nc1nc(C)cc2cc(C3OCCO3)sc12. The van der Waals surface area contributed by atoms with Crippen LogP contribution in [0.4, 0.5) is 14.6 Å². The van der Waals surface area contributed by atoms with Crippen LogP contribution in [0.5, 0.6) is 5.75 Å². The number of aryl methyl sites for hydroxylation is 1. The number of aromatic nitrogens is 1. The number of methoxy groups -OCH3 is 1. The number of nitrogens with zero attached hydrogens (tertiary/aromatic N) is 1. The Morgan fingerprint density at radius 1 is 1.21 bits per heavy atom. The van der Waals surface area contributed by atoms with Gasteiger partial charge in [-0.2, -0.15) is 4.39 Å². The van der Waals surface area contributed by atoms with Gasteiger partial charge >= 0.3 is 0 Å². The zero-order chi connectivity index (χ0) is 20.1. The van der Waals surface area contributed by atoms with Crippen molar-refractivity contribution in [1.29, 1.82) is 0 Å². The molecule has 5 nitrogen and oxygen atoms in total. The maximum Gasteiger partial charge on any atom is 0.200 e. The Morgan fingerprint density at radius 3 is 2.76 bits per heavy atom. The Kier molecular flexibility index (Phi) is 4.64. The first-order valence-corrected chi connectivity index (χ1v) is 10.3. The quantitative estimate of drug-likeness (QED) is 0.644. The van der Waals surface area contributed by atoms with E-state index in [-0.39, 0.29) is 18.1 Å². The van der Waals surface area contributed by atoms with Crippen molar-refractivity contribution in [3.63, 3.8) is 0 Å². The van der Waals surface area contributed by atoms with E-state index in [4.69, 9.17) is 14.2 Å². The molecule has 1 atom stereocenters. The summed E-state index contributed by atoms with van der Waals surface area (Å²) in [5.74, 6) is -1.09. The van der Waals surface area contributed by atoms with Crippen LogP contribution in [0.3, 0.4) is 0 Å². The van der Waals surface area contributed by atoms with E-state index in [0.29, 0.717) is 31.6 Å². The van der Waals surface area contributed by atoms with Crippen LogP contribution >= 0.6 is 11.3 Å². The lowest BCUT2D eigenvalue weighted by molar-refractivity contribution is -0.0412. The number of anilines is 1. The lowest BCUT2D eigenvalue weighted by Crippen LogP contribution is -2.10. The highest BCUT2D eigenvalue weighted by molar-refractivity contribution is 7.19. The van der Waals surface area contributed by atoms with Crippen molar-refractivity contribution in [2.24, 2.45) is 0 Å². The van der Waals surface area contributed by atoms with Crippen LogP contribution in [0.15, 0.2) is 18.2 Å². The Bertz CT molecular complexity index is 1100. The third-order valence-corrected chi connectivity index (χ3v) is 6.57. The van der Waals surface area contributed by atoms with E-state index in [1.807, 2.05) is 13.0 Å². The third-order valence-electron chi connectivity index (χ3n) is 5.39. The number of thiophene rings is 1. The highest BCUT2D eigenvalue weighted by Gasteiger charge is 2.30. The molecule has 1 aliphatic heterocycles. The first-order chi connectivity index (χ1) is 14.0. The second kappa shape index (κ2) is 7.19. The van der Waals surface area contributed by atoms with Crippen molar-refractivity contribution in [3.8, 4) is 5.75 Å². The molecular weight excluding hydrogens is 398 g/mol. The summed E-state index contributed by atoms with van der Waals surface area (Å²) in [7, 11) is 1.37. The standard InChI is InChI=1S/C21H20F2N2O3S/c1-10-7-11-8-16(21-27-5-6-28-21)29-19(11)20(24-10)25-15-4-3-12-13(15)9-14(22)17(23)18(12)26-2/h7-9,15,21H,3-6H2,1-2H3,(H,24,25). The van der Waals surface area contributed by atoms with Gasteiger partial charge in [-0.1, -0.05) is 0 Å². The molecule has 3 aromatic rings. The molecule has 0 spiro atoms. The van der Waals surface area contributed by atoms with Gasteiger partial charge in [0.25, 0.3) is 0 Å². The highest BCUT2D eigenvalue weighted by Crippen LogP contribution is 2.43. The average Bonchev–Trinajstić information content (AvgIpc) is 3.43. The summed E-state index contributed by atoms with van der Waals surface area (Å²) in [5, 5.41) is 4.51. The molecule has 0 saturated carbocycles. The molecule has 1 aromatic carbocycles. The zero-order valence-corrected chi connectivity index (χ0v) is 16.9. The van der Waals surface area contributed by atoms with Crippen molar-refractivity contribution in [2.45, 2.75) is 32.1 Å². The van der Waals surface area contributed by atoms with Gasteiger partial charge in [0.2, 0.25) is 5.82 Å². The van der Waals surface area contributed by atoms with Crippen molar-refractivity contribution in [1.82, 2.24) is 4.98 Å². The number of nitrogens with one attached hydrogen (secondary N) is 1. The second-order valence-corrected chi connectivity index (χ2v) is 8.35. The van der Waals surface area contributed by atoms with Gasteiger partial charge in [0, 0.05) is 11.3 Å². The van der Waals surface area contributed by atoms with E-state index in [1.54, 1.807) is 11.3 Å². The van der Waals surface area contributed by atoms with E-state index >= 15 is 0 Å². The number of fused-ring (bicyclic) bond motifs is 2. The Balaban J connectivity index is 1.53. The van der Waals surface area contributed by atoms with Crippen molar-refractivity contribution in [3.05, 3.63) is 51.5 Å². The average molecular weight is 418 g/mol. The molecule has 2 aliphatic rings. The molecular formula is C21H20F2N2O3S. The molecule has 2 aromatic heterocycles. The fraction of sp³-hybridized carbons (Fsp3) is 0.381. The number of pyridine rings is 1. The highest BCUT2D eigenvalue weighted by atomic mass is 32.1. The monoisotopic (exact) mass is 418 g/mol. The normalized spacial score (nSPS) is 19.1. The summed E-state index contributed by atoms with van der Waals surface area (Å²) in [6, 6.07) is 5.19. The van der Waals surface area contributed by atoms with E-state index in [2.05, 4.69) is 16.4 Å². The topological polar surface area (TPSA) is 52.6 Å². The maximum absolute atomic E-state index is 14.1. The van der Waals surface area contributed by atoms with Gasteiger partial charge in [-0.25, -0.2) is 9.37 Å². The van der Waals surface area contributed by atoms with Crippen molar-refractivity contribution < 1.29 is 23.0 Å². The summed E-state index contributed by atoms with van der Waals surface area (Å²) in [5.41, 5.74) is 2.31. The summed E-state index contributed by atoms with van der Waals surface area (Å²) in [6.45, 7) is 3.11. The minimum atomic E-state index is -0.928. The van der Waals surface area contributed by atoms with Crippen LogP contribution < -0.4 is 10.1 Å². The molecule has 1 saturated heterocycles. The minimum absolute atomic E-state index is 0.000545. The van der Waals surface area contributed by atoms with Gasteiger partial charge in [0.1, 0.15) is 5.82 Å². The number of rotatable bonds is 4. The van der Waals surface area contributed by atoms with Crippen LogP contribution in [0.1, 0.15) is 40.5 Å². The summed E-state index contributed by atoms with van der Waals surface area (Å²) in [6.07, 6.45) is 0.981. The van der Waals surface area contributed by atoms with Crippen molar-refractivity contribution >= 4 is 27.2 Å². The van der Waals surface area contributed by atoms with E-state index < -0.39 is 11.6 Å². The summed E-state index contributed by atoms with van der Waals surface area (Å²) < 4.78 is 45.5. The molecule has 0 amide bonds. The number of ether oxygens (including phenoxy) is 3. The van der Waals surface area contributed by atoms with E-state index in [9.17, 15) is 8.78 Å². The van der Waals surface area contributed by atoms with Crippen molar-refractivity contribution in [2.75, 3.05) is 25.6 Å². The Labute approximate surface area is 170 Å². The summed E-state index contributed by atoms with van der Waals surface area (Å²) >= 11 is 1.57. The van der Waals surface area contributed by atoms with Gasteiger partial charge in [0.15, 0.2) is 17.9 Å². The van der Waals surface area contributed by atoms with Crippen LogP contribution in [0.25, 0.3) is 10.1 Å². The molecule has 152 valence electrons. The second-order valence-electron chi connectivity index (χ2n) is 7.26. The summed E-state index contributed by atoms with van der Waals surface area (Å²) in [4.78, 5) is 5.67. The first kappa shape index (κ1) is 18.7. The molecule has 29 heavy (non-hydrogen) atoms. The minimum Gasteiger partial charge on any atom is -0.493 e. The first-order valence-electron chi connectivity index (χ1n) is 9.50. The molecule has 1 aliphatic carbocycles. The Morgan fingerprint density at radius 2 is 2.00 bits per heavy atom.